The van der Waals surface area contributed by atoms with Gasteiger partial charge in [-0.05, 0) is 33.2 Å². The van der Waals surface area contributed by atoms with E-state index < -0.39 is 10.2 Å². The lowest BCUT2D eigenvalue weighted by Gasteiger charge is -2.35. The lowest BCUT2D eigenvalue weighted by molar-refractivity contribution is -0.0444. The zero-order valence-corrected chi connectivity index (χ0v) is 13.1. The number of rotatable bonds is 3. The van der Waals surface area contributed by atoms with Crippen LogP contribution < -0.4 is 10.0 Å². The first-order valence-electron chi connectivity index (χ1n) is 6.61. The van der Waals surface area contributed by atoms with Crippen molar-refractivity contribution in [2.75, 3.05) is 26.2 Å². The van der Waals surface area contributed by atoms with E-state index in [0.717, 1.165) is 19.4 Å². The van der Waals surface area contributed by atoms with Crippen molar-refractivity contribution < 1.29 is 13.2 Å². The molecule has 2 fully saturated rings. The second-order valence-corrected chi connectivity index (χ2v) is 6.94. The average molecular weight is 314 g/mol. The van der Waals surface area contributed by atoms with Gasteiger partial charge >= 0.3 is 0 Å². The van der Waals surface area contributed by atoms with Gasteiger partial charge in [0.1, 0.15) is 0 Å². The van der Waals surface area contributed by atoms with Gasteiger partial charge in [-0.3, -0.25) is 0 Å². The Labute approximate surface area is 121 Å². The molecule has 8 heteroatoms. The van der Waals surface area contributed by atoms with Gasteiger partial charge in [0.2, 0.25) is 0 Å². The molecule has 0 amide bonds. The SMILES string of the molecule is CC1CN(S(=O)(=O)N[C@H]2CCCNC2)CC(C)O1.Cl. The monoisotopic (exact) mass is 313 g/mol. The number of piperidine rings is 1. The Kier molecular flexibility index (Phi) is 6.49. The molecule has 0 bridgehead atoms. The average Bonchev–Trinajstić information content (AvgIpc) is 2.28. The minimum atomic E-state index is -3.39. The molecule has 114 valence electrons. The van der Waals surface area contributed by atoms with Crippen LogP contribution in [0.3, 0.4) is 0 Å². The molecule has 0 aliphatic carbocycles. The van der Waals surface area contributed by atoms with Crippen LogP contribution >= 0.6 is 12.4 Å². The standard InChI is InChI=1S/C11H23N3O3S.ClH/c1-9-7-14(8-10(2)17-9)18(15,16)13-11-4-3-5-12-6-11;/h9-13H,3-8H2,1-2H3;1H/t9?,10?,11-;/m0./s1. The van der Waals surface area contributed by atoms with Crippen molar-refractivity contribution in [1.82, 2.24) is 14.3 Å². The zero-order chi connectivity index (χ0) is 13.2. The second kappa shape index (κ2) is 7.19. The fraction of sp³-hybridized carbons (Fsp3) is 1.00. The molecule has 2 unspecified atom stereocenters. The first kappa shape index (κ1) is 17.1. The summed E-state index contributed by atoms with van der Waals surface area (Å²) in [7, 11) is -3.39. The van der Waals surface area contributed by atoms with Crippen LogP contribution in [-0.4, -0.2) is 57.2 Å². The van der Waals surface area contributed by atoms with E-state index in [4.69, 9.17) is 4.74 Å². The topological polar surface area (TPSA) is 70.7 Å². The molecule has 3 atom stereocenters. The van der Waals surface area contributed by atoms with Crippen molar-refractivity contribution in [1.29, 1.82) is 0 Å². The second-order valence-electron chi connectivity index (χ2n) is 5.24. The number of morpholine rings is 1. The van der Waals surface area contributed by atoms with Gasteiger partial charge in [-0.15, -0.1) is 12.4 Å². The summed E-state index contributed by atoms with van der Waals surface area (Å²) in [5, 5.41) is 3.21. The molecule has 6 nitrogen and oxygen atoms in total. The molecule has 0 aromatic heterocycles. The first-order valence-corrected chi connectivity index (χ1v) is 8.05. The smallest absolute Gasteiger partial charge is 0.279 e. The molecule has 2 aliphatic rings. The highest BCUT2D eigenvalue weighted by molar-refractivity contribution is 7.87. The normalized spacial score (nSPS) is 33.7. The van der Waals surface area contributed by atoms with Gasteiger partial charge in [0.25, 0.3) is 10.2 Å². The summed E-state index contributed by atoms with van der Waals surface area (Å²) >= 11 is 0. The Morgan fingerprint density at radius 3 is 2.42 bits per heavy atom. The van der Waals surface area contributed by atoms with E-state index in [1.54, 1.807) is 0 Å². The van der Waals surface area contributed by atoms with Crippen LogP contribution in [0.2, 0.25) is 0 Å². The Morgan fingerprint density at radius 2 is 1.89 bits per heavy atom. The van der Waals surface area contributed by atoms with Gasteiger partial charge in [0.05, 0.1) is 12.2 Å². The lowest BCUT2D eigenvalue weighted by Crippen LogP contribution is -2.55. The van der Waals surface area contributed by atoms with Crippen molar-refractivity contribution in [3.8, 4) is 0 Å². The Morgan fingerprint density at radius 1 is 1.26 bits per heavy atom. The van der Waals surface area contributed by atoms with Gasteiger partial charge in [0, 0.05) is 25.7 Å². The highest BCUT2D eigenvalue weighted by atomic mass is 35.5. The third-order valence-corrected chi connectivity index (χ3v) is 4.95. The van der Waals surface area contributed by atoms with Gasteiger partial charge in [-0.25, -0.2) is 0 Å². The van der Waals surface area contributed by atoms with Gasteiger partial charge in [-0.1, -0.05) is 0 Å². The van der Waals surface area contributed by atoms with Crippen molar-refractivity contribution in [2.45, 2.75) is 44.9 Å². The maximum atomic E-state index is 12.3. The molecule has 0 spiro atoms. The maximum absolute atomic E-state index is 12.3. The number of halogens is 1. The molecule has 2 rings (SSSR count). The molecule has 0 saturated carbocycles. The summed E-state index contributed by atoms with van der Waals surface area (Å²) in [4.78, 5) is 0. The predicted molar refractivity (Wildman–Crippen MR) is 76.8 cm³/mol. The van der Waals surface area contributed by atoms with Crippen LogP contribution in [0.25, 0.3) is 0 Å². The molecule has 2 N–H and O–H groups in total. The van der Waals surface area contributed by atoms with Gasteiger partial charge in [-0.2, -0.15) is 17.4 Å². The quantitative estimate of drug-likeness (QED) is 0.775. The highest BCUT2D eigenvalue weighted by Gasteiger charge is 2.32. The first-order chi connectivity index (χ1) is 8.47. The largest absolute Gasteiger partial charge is 0.373 e. The van der Waals surface area contributed by atoms with Crippen molar-refractivity contribution in [3.63, 3.8) is 0 Å². The van der Waals surface area contributed by atoms with E-state index in [1.807, 2.05) is 13.8 Å². The van der Waals surface area contributed by atoms with E-state index in [1.165, 1.54) is 4.31 Å². The van der Waals surface area contributed by atoms with Crippen LogP contribution in [-0.2, 0) is 14.9 Å². The molecule has 2 heterocycles. The molecule has 2 aliphatic heterocycles. The van der Waals surface area contributed by atoms with Crippen LogP contribution in [0.1, 0.15) is 26.7 Å². The highest BCUT2D eigenvalue weighted by Crippen LogP contribution is 2.14. The molecule has 0 aromatic rings. The number of ether oxygens (including phenoxy) is 1. The molecular weight excluding hydrogens is 290 g/mol. The van der Waals surface area contributed by atoms with Crippen molar-refractivity contribution >= 4 is 22.6 Å². The maximum Gasteiger partial charge on any atom is 0.279 e. The minimum Gasteiger partial charge on any atom is -0.373 e. The van der Waals surface area contributed by atoms with Crippen LogP contribution in [0.5, 0.6) is 0 Å². The molecular formula is C11H24ClN3O3S. The summed E-state index contributed by atoms with van der Waals surface area (Å²) in [6, 6.07) is 0.0113. The number of nitrogens with zero attached hydrogens (tertiary/aromatic N) is 1. The van der Waals surface area contributed by atoms with E-state index >= 15 is 0 Å². The summed E-state index contributed by atoms with van der Waals surface area (Å²) in [5.74, 6) is 0. The number of hydrogen-bond donors (Lipinski definition) is 2. The Balaban J connectivity index is 0.00000180. The third-order valence-electron chi connectivity index (χ3n) is 3.34. The molecule has 2 saturated heterocycles. The van der Waals surface area contributed by atoms with E-state index in [0.29, 0.717) is 19.6 Å². The number of hydrogen-bond acceptors (Lipinski definition) is 4. The van der Waals surface area contributed by atoms with Crippen LogP contribution in [0, 0.1) is 0 Å². The molecule has 19 heavy (non-hydrogen) atoms. The fourth-order valence-electron chi connectivity index (χ4n) is 2.56. The van der Waals surface area contributed by atoms with Gasteiger partial charge in [0.15, 0.2) is 0 Å². The molecule has 0 radical (unpaired) electrons. The van der Waals surface area contributed by atoms with Crippen LogP contribution in [0.15, 0.2) is 0 Å². The number of nitrogens with one attached hydrogen (secondary N) is 2. The van der Waals surface area contributed by atoms with E-state index in [-0.39, 0.29) is 30.7 Å². The Bertz CT molecular complexity index is 363. The van der Waals surface area contributed by atoms with E-state index in [9.17, 15) is 8.42 Å². The zero-order valence-electron chi connectivity index (χ0n) is 11.5. The van der Waals surface area contributed by atoms with Gasteiger partial charge < -0.3 is 10.1 Å². The lowest BCUT2D eigenvalue weighted by atomic mass is 10.1. The molecule has 0 aromatic carbocycles. The van der Waals surface area contributed by atoms with Crippen LogP contribution in [0.4, 0.5) is 0 Å². The van der Waals surface area contributed by atoms with Crippen molar-refractivity contribution in [3.05, 3.63) is 0 Å². The van der Waals surface area contributed by atoms with E-state index in [2.05, 4.69) is 10.0 Å². The third kappa shape index (κ3) is 4.84. The summed E-state index contributed by atoms with van der Waals surface area (Å²) in [5.41, 5.74) is 0. The van der Waals surface area contributed by atoms with Crippen molar-refractivity contribution in [2.24, 2.45) is 0 Å². The Hall–Kier alpha value is 0.0800. The minimum absolute atomic E-state index is 0. The fourth-order valence-corrected chi connectivity index (χ4v) is 4.15. The summed E-state index contributed by atoms with van der Waals surface area (Å²) in [6.45, 7) is 6.36. The summed E-state index contributed by atoms with van der Waals surface area (Å²) in [6.07, 6.45) is 1.83. The summed E-state index contributed by atoms with van der Waals surface area (Å²) < 4.78 is 34.4. The predicted octanol–water partition coefficient (Wildman–Crippen LogP) is 0.104.